The van der Waals surface area contributed by atoms with E-state index >= 15 is 0 Å². The number of rotatable bonds is 3. The van der Waals surface area contributed by atoms with Gasteiger partial charge in [-0.3, -0.25) is 0 Å². The fourth-order valence-electron chi connectivity index (χ4n) is 1.07. The van der Waals surface area contributed by atoms with E-state index in [0.717, 1.165) is 5.56 Å². The maximum atomic E-state index is 10.8. The summed E-state index contributed by atoms with van der Waals surface area (Å²) in [7, 11) is 0. The molecule has 1 unspecified atom stereocenters. The molecule has 0 aliphatic carbocycles. The summed E-state index contributed by atoms with van der Waals surface area (Å²) in [6.45, 7) is 0.292. The molecule has 5 heteroatoms. The van der Waals surface area contributed by atoms with Gasteiger partial charge in [-0.15, -0.1) is 0 Å². The molecule has 5 N–H and O–H groups in total. The minimum atomic E-state index is -0.983. The van der Waals surface area contributed by atoms with E-state index < -0.39 is 5.97 Å². The Morgan fingerprint density at radius 3 is 2.71 bits per heavy atom. The highest BCUT2D eigenvalue weighted by molar-refractivity contribution is 9.10. The van der Waals surface area contributed by atoms with Crippen LogP contribution in [0, 0.1) is 0 Å². The number of benzene rings is 1. The van der Waals surface area contributed by atoms with Crippen molar-refractivity contribution in [2.75, 3.05) is 6.54 Å². The Bertz CT molecular complexity index is 355. The molecule has 4 nitrogen and oxygen atoms in total. The van der Waals surface area contributed by atoms with Gasteiger partial charge in [0, 0.05) is 17.1 Å². The predicted molar refractivity (Wildman–Crippen MR) is 57.1 cm³/mol. The molecule has 1 aromatic rings. The average Bonchev–Trinajstić information content (AvgIpc) is 2.17. The average molecular weight is 259 g/mol. The number of carbonyl (C=O) groups is 1. The summed E-state index contributed by atoms with van der Waals surface area (Å²) in [6, 6.07) is 4.63. The molecule has 0 heterocycles. The van der Waals surface area contributed by atoms with Crippen LogP contribution in [0.15, 0.2) is 22.7 Å². The van der Waals surface area contributed by atoms with Crippen LogP contribution >= 0.6 is 15.9 Å². The second-order valence-corrected chi connectivity index (χ2v) is 3.74. The van der Waals surface area contributed by atoms with Crippen molar-refractivity contribution in [2.24, 2.45) is 11.5 Å². The fourth-order valence-corrected chi connectivity index (χ4v) is 1.49. The molecule has 0 saturated heterocycles. The molecular formula is C9H11BrN2O2. The third-order valence-electron chi connectivity index (χ3n) is 1.90. The Hall–Kier alpha value is -0.910. The minimum Gasteiger partial charge on any atom is -0.478 e. The topological polar surface area (TPSA) is 89.3 Å². The second-order valence-electron chi connectivity index (χ2n) is 2.89. The largest absolute Gasteiger partial charge is 0.478 e. The lowest BCUT2D eigenvalue weighted by molar-refractivity contribution is 0.0696. The Balaban J connectivity index is 3.12. The maximum Gasteiger partial charge on any atom is 0.336 e. The highest BCUT2D eigenvalue weighted by Gasteiger charge is 2.11. The van der Waals surface area contributed by atoms with Gasteiger partial charge in [-0.1, -0.05) is 6.07 Å². The van der Waals surface area contributed by atoms with Crippen LogP contribution in [0.1, 0.15) is 22.0 Å². The van der Waals surface area contributed by atoms with Gasteiger partial charge >= 0.3 is 5.97 Å². The van der Waals surface area contributed by atoms with Crippen molar-refractivity contribution in [3.05, 3.63) is 33.8 Å². The number of carboxylic acid groups (broad SMARTS) is 1. The van der Waals surface area contributed by atoms with Gasteiger partial charge in [0.05, 0.1) is 5.56 Å². The van der Waals surface area contributed by atoms with Gasteiger partial charge in [-0.2, -0.15) is 0 Å². The molecular weight excluding hydrogens is 248 g/mol. The maximum absolute atomic E-state index is 10.8. The first kappa shape index (κ1) is 11.2. The van der Waals surface area contributed by atoms with Crippen molar-refractivity contribution in [1.82, 2.24) is 0 Å². The van der Waals surface area contributed by atoms with Gasteiger partial charge in [0.1, 0.15) is 0 Å². The van der Waals surface area contributed by atoms with Crippen molar-refractivity contribution in [3.8, 4) is 0 Å². The molecule has 0 saturated carbocycles. The number of carboxylic acids is 1. The summed E-state index contributed by atoms with van der Waals surface area (Å²) in [4.78, 5) is 10.8. The van der Waals surface area contributed by atoms with Crippen LogP contribution in [0.3, 0.4) is 0 Å². The normalized spacial score (nSPS) is 12.5. The molecule has 0 spiro atoms. The van der Waals surface area contributed by atoms with Crippen LogP contribution in [0.2, 0.25) is 0 Å². The molecule has 14 heavy (non-hydrogen) atoms. The Labute approximate surface area is 90.0 Å². The zero-order valence-corrected chi connectivity index (χ0v) is 8.99. The molecule has 76 valence electrons. The Kier molecular flexibility index (Phi) is 3.62. The lowest BCUT2D eigenvalue weighted by Crippen LogP contribution is -2.21. The molecule has 0 aliphatic heterocycles. The van der Waals surface area contributed by atoms with Gasteiger partial charge in [-0.05, 0) is 33.6 Å². The Morgan fingerprint density at radius 2 is 2.21 bits per heavy atom. The SMILES string of the molecule is NCC(N)c1ccc(Br)c(C(=O)O)c1. The molecule has 1 rings (SSSR count). The van der Waals surface area contributed by atoms with E-state index in [-0.39, 0.29) is 11.6 Å². The van der Waals surface area contributed by atoms with Gasteiger partial charge in [-0.25, -0.2) is 4.79 Å². The quantitative estimate of drug-likeness (QED) is 0.758. The molecule has 0 amide bonds. The van der Waals surface area contributed by atoms with Crippen molar-refractivity contribution in [3.63, 3.8) is 0 Å². The van der Waals surface area contributed by atoms with E-state index in [2.05, 4.69) is 15.9 Å². The van der Waals surface area contributed by atoms with Gasteiger partial charge in [0.25, 0.3) is 0 Å². The summed E-state index contributed by atoms with van der Waals surface area (Å²) in [5, 5.41) is 8.84. The van der Waals surface area contributed by atoms with Crippen LogP contribution in [-0.4, -0.2) is 17.6 Å². The third-order valence-corrected chi connectivity index (χ3v) is 2.59. The molecule has 0 radical (unpaired) electrons. The highest BCUT2D eigenvalue weighted by Crippen LogP contribution is 2.20. The van der Waals surface area contributed by atoms with E-state index in [1.807, 2.05) is 0 Å². The van der Waals surface area contributed by atoms with E-state index in [1.165, 1.54) is 6.07 Å². The predicted octanol–water partition coefficient (Wildman–Crippen LogP) is 1.11. The molecule has 0 aliphatic rings. The number of aromatic carboxylic acids is 1. The van der Waals surface area contributed by atoms with E-state index in [1.54, 1.807) is 12.1 Å². The summed E-state index contributed by atoms with van der Waals surface area (Å²) < 4.78 is 0.540. The number of hydrogen-bond donors (Lipinski definition) is 3. The number of nitrogens with two attached hydrogens (primary N) is 2. The van der Waals surface area contributed by atoms with Crippen LogP contribution in [0.5, 0.6) is 0 Å². The first-order valence-electron chi connectivity index (χ1n) is 4.04. The van der Waals surface area contributed by atoms with Crippen LogP contribution < -0.4 is 11.5 Å². The Morgan fingerprint density at radius 1 is 1.57 bits per heavy atom. The number of halogens is 1. The van der Waals surface area contributed by atoms with Crippen molar-refractivity contribution >= 4 is 21.9 Å². The summed E-state index contributed by atoms with van der Waals surface area (Å²) in [6.07, 6.45) is 0. The van der Waals surface area contributed by atoms with Gasteiger partial charge in [0.15, 0.2) is 0 Å². The zero-order chi connectivity index (χ0) is 10.7. The lowest BCUT2D eigenvalue weighted by atomic mass is 10.0. The zero-order valence-electron chi connectivity index (χ0n) is 7.40. The first-order chi connectivity index (χ1) is 6.56. The number of hydrogen-bond acceptors (Lipinski definition) is 3. The second kappa shape index (κ2) is 4.54. The van der Waals surface area contributed by atoms with E-state index in [0.29, 0.717) is 11.0 Å². The molecule has 0 bridgehead atoms. The summed E-state index contributed by atoms with van der Waals surface area (Å²) in [5.74, 6) is -0.983. The summed E-state index contributed by atoms with van der Waals surface area (Å²) >= 11 is 3.15. The van der Waals surface area contributed by atoms with Gasteiger partial charge in [0.2, 0.25) is 0 Å². The van der Waals surface area contributed by atoms with Crippen LogP contribution in [-0.2, 0) is 0 Å². The van der Waals surface area contributed by atoms with Crippen LogP contribution in [0.25, 0.3) is 0 Å². The smallest absolute Gasteiger partial charge is 0.336 e. The van der Waals surface area contributed by atoms with Gasteiger partial charge < -0.3 is 16.6 Å². The molecule has 1 atom stereocenters. The van der Waals surface area contributed by atoms with Crippen molar-refractivity contribution in [1.29, 1.82) is 0 Å². The monoisotopic (exact) mass is 258 g/mol. The first-order valence-corrected chi connectivity index (χ1v) is 4.84. The van der Waals surface area contributed by atoms with Crippen LogP contribution in [0.4, 0.5) is 0 Å². The van der Waals surface area contributed by atoms with E-state index in [9.17, 15) is 4.79 Å². The van der Waals surface area contributed by atoms with Crippen molar-refractivity contribution < 1.29 is 9.90 Å². The molecule has 1 aromatic carbocycles. The lowest BCUT2D eigenvalue weighted by Gasteiger charge is -2.10. The standard InChI is InChI=1S/C9H11BrN2O2/c10-7-2-1-5(8(12)4-11)3-6(7)9(13)14/h1-3,8H,4,11-12H2,(H,13,14). The highest BCUT2D eigenvalue weighted by atomic mass is 79.9. The summed E-state index contributed by atoms with van der Waals surface area (Å²) in [5.41, 5.74) is 12.0. The fraction of sp³-hybridized carbons (Fsp3) is 0.222. The minimum absolute atomic E-state index is 0.200. The third kappa shape index (κ3) is 2.31. The molecule has 0 aromatic heterocycles. The molecule has 0 fully saturated rings. The van der Waals surface area contributed by atoms with Crippen molar-refractivity contribution in [2.45, 2.75) is 6.04 Å². The van der Waals surface area contributed by atoms with E-state index in [4.69, 9.17) is 16.6 Å².